The Labute approximate surface area is 176 Å². The molecule has 1 heterocycles. The standard InChI is InChI=1S/C25H25N3O2/c1-16(2)18-13-12-17(3)14-23(18)30-15-24(29)26-20-9-5-4-8-19(20)25-27-21-10-6-7-11-22(21)28-25/h4-14,16H,15H2,1-3H3,(H,26,29)(H,27,28). The molecule has 2 N–H and O–H groups in total. The number of hydrogen-bond donors (Lipinski definition) is 2. The summed E-state index contributed by atoms with van der Waals surface area (Å²) in [6.07, 6.45) is 0. The van der Waals surface area contributed by atoms with Gasteiger partial charge in [0.25, 0.3) is 5.91 Å². The fourth-order valence-corrected chi connectivity index (χ4v) is 3.45. The maximum Gasteiger partial charge on any atom is 0.262 e. The molecule has 3 aromatic carbocycles. The highest BCUT2D eigenvalue weighted by Gasteiger charge is 2.14. The second-order valence-electron chi connectivity index (χ2n) is 7.68. The van der Waals surface area contributed by atoms with Gasteiger partial charge in [0, 0.05) is 5.56 Å². The Balaban J connectivity index is 1.52. The van der Waals surface area contributed by atoms with Crippen molar-refractivity contribution in [3.63, 3.8) is 0 Å². The van der Waals surface area contributed by atoms with E-state index < -0.39 is 0 Å². The molecule has 0 atom stereocenters. The second kappa shape index (κ2) is 8.41. The average Bonchev–Trinajstić information content (AvgIpc) is 3.16. The lowest BCUT2D eigenvalue weighted by molar-refractivity contribution is -0.118. The van der Waals surface area contributed by atoms with Gasteiger partial charge in [0.2, 0.25) is 0 Å². The smallest absolute Gasteiger partial charge is 0.262 e. The largest absolute Gasteiger partial charge is 0.483 e. The lowest BCUT2D eigenvalue weighted by Gasteiger charge is -2.15. The molecule has 4 aromatic rings. The number of aromatic nitrogens is 2. The number of nitrogens with one attached hydrogen (secondary N) is 2. The van der Waals surface area contributed by atoms with Crippen LogP contribution in [0.25, 0.3) is 22.4 Å². The Morgan fingerprint density at radius 2 is 1.83 bits per heavy atom. The Morgan fingerprint density at radius 3 is 2.63 bits per heavy atom. The van der Waals surface area contributed by atoms with Gasteiger partial charge in [-0.2, -0.15) is 0 Å². The highest BCUT2D eigenvalue weighted by molar-refractivity contribution is 5.96. The van der Waals surface area contributed by atoms with Gasteiger partial charge in [-0.05, 0) is 54.3 Å². The number of para-hydroxylation sites is 3. The van der Waals surface area contributed by atoms with Gasteiger partial charge in [-0.25, -0.2) is 4.98 Å². The molecule has 1 amide bonds. The lowest BCUT2D eigenvalue weighted by Crippen LogP contribution is -2.21. The van der Waals surface area contributed by atoms with E-state index >= 15 is 0 Å². The van der Waals surface area contributed by atoms with Crippen LogP contribution in [-0.2, 0) is 4.79 Å². The van der Waals surface area contributed by atoms with E-state index in [4.69, 9.17) is 4.74 Å². The molecule has 0 spiro atoms. The molecular weight excluding hydrogens is 374 g/mol. The van der Waals surface area contributed by atoms with Gasteiger partial charge in [-0.15, -0.1) is 0 Å². The summed E-state index contributed by atoms with van der Waals surface area (Å²) in [5, 5.41) is 2.96. The van der Waals surface area contributed by atoms with Gasteiger partial charge < -0.3 is 15.0 Å². The molecule has 0 fully saturated rings. The van der Waals surface area contributed by atoms with Crippen molar-refractivity contribution < 1.29 is 9.53 Å². The monoisotopic (exact) mass is 399 g/mol. The molecule has 152 valence electrons. The summed E-state index contributed by atoms with van der Waals surface area (Å²) in [4.78, 5) is 20.6. The molecule has 0 aliphatic carbocycles. The molecule has 0 unspecified atom stereocenters. The fraction of sp³-hybridized carbons (Fsp3) is 0.200. The number of aryl methyl sites for hydroxylation is 1. The van der Waals surface area contributed by atoms with E-state index in [-0.39, 0.29) is 12.5 Å². The van der Waals surface area contributed by atoms with E-state index in [9.17, 15) is 4.79 Å². The zero-order chi connectivity index (χ0) is 21.1. The van der Waals surface area contributed by atoms with Crippen LogP contribution in [0.4, 0.5) is 5.69 Å². The highest BCUT2D eigenvalue weighted by atomic mass is 16.5. The first kappa shape index (κ1) is 19.7. The van der Waals surface area contributed by atoms with E-state index in [0.717, 1.165) is 33.5 Å². The Kier molecular flexibility index (Phi) is 5.53. The van der Waals surface area contributed by atoms with Crippen molar-refractivity contribution in [1.29, 1.82) is 0 Å². The molecule has 0 bridgehead atoms. The molecule has 0 aliphatic heterocycles. The van der Waals surface area contributed by atoms with Gasteiger partial charge in [0.15, 0.2) is 6.61 Å². The summed E-state index contributed by atoms with van der Waals surface area (Å²) in [6.45, 7) is 6.18. The summed E-state index contributed by atoms with van der Waals surface area (Å²) in [6, 6.07) is 21.6. The van der Waals surface area contributed by atoms with Crippen molar-refractivity contribution in [3.8, 4) is 17.1 Å². The minimum absolute atomic E-state index is 0.0579. The van der Waals surface area contributed by atoms with Gasteiger partial charge >= 0.3 is 0 Å². The van der Waals surface area contributed by atoms with E-state index in [0.29, 0.717) is 17.4 Å². The summed E-state index contributed by atoms with van der Waals surface area (Å²) in [5.41, 5.74) is 5.57. The van der Waals surface area contributed by atoms with E-state index in [1.807, 2.05) is 61.5 Å². The maximum atomic E-state index is 12.6. The SMILES string of the molecule is Cc1ccc(C(C)C)c(OCC(=O)Nc2ccccc2-c2nc3ccccc3[nH]2)c1. The second-order valence-corrected chi connectivity index (χ2v) is 7.68. The molecule has 0 radical (unpaired) electrons. The third kappa shape index (κ3) is 4.20. The molecule has 0 saturated heterocycles. The van der Waals surface area contributed by atoms with Gasteiger partial charge in [-0.3, -0.25) is 4.79 Å². The predicted octanol–water partition coefficient (Wildman–Crippen LogP) is 5.68. The number of H-pyrrole nitrogens is 1. The quantitative estimate of drug-likeness (QED) is 0.438. The molecule has 0 aliphatic rings. The molecule has 5 nitrogen and oxygen atoms in total. The number of carbonyl (C=O) groups is 1. The zero-order valence-electron chi connectivity index (χ0n) is 17.4. The number of carbonyl (C=O) groups excluding carboxylic acids is 1. The molecule has 4 rings (SSSR count). The number of nitrogens with zero attached hydrogens (tertiary/aromatic N) is 1. The average molecular weight is 399 g/mol. The Morgan fingerprint density at radius 1 is 1.07 bits per heavy atom. The fourth-order valence-electron chi connectivity index (χ4n) is 3.45. The summed E-state index contributed by atoms with van der Waals surface area (Å²) >= 11 is 0. The van der Waals surface area contributed by atoms with Crippen LogP contribution in [0.3, 0.4) is 0 Å². The number of rotatable bonds is 6. The van der Waals surface area contributed by atoms with Crippen molar-refractivity contribution >= 4 is 22.6 Å². The maximum absolute atomic E-state index is 12.6. The van der Waals surface area contributed by atoms with Crippen LogP contribution in [0, 0.1) is 6.92 Å². The van der Waals surface area contributed by atoms with Gasteiger partial charge in [-0.1, -0.05) is 50.2 Å². The van der Waals surface area contributed by atoms with Crippen LogP contribution in [0.1, 0.15) is 30.9 Å². The first-order valence-corrected chi connectivity index (χ1v) is 10.1. The predicted molar refractivity (Wildman–Crippen MR) is 121 cm³/mol. The highest BCUT2D eigenvalue weighted by Crippen LogP contribution is 2.29. The number of ether oxygens (including phenoxy) is 1. The normalized spacial score (nSPS) is 11.1. The van der Waals surface area contributed by atoms with Crippen molar-refractivity contribution in [2.24, 2.45) is 0 Å². The van der Waals surface area contributed by atoms with Crippen LogP contribution in [0.2, 0.25) is 0 Å². The number of imidazole rings is 1. The minimum atomic E-state index is -0.213. The summed E-state index contributed by atoms with van der Waals surface area (Å²) in [5.74, 6) is 1.58. The molecular formula is C25H25N3O2. The third-order valence-corrected chi connectivity index (χ3v) is 5.00. The van der Waals surface area contributed by atoms with E-state index in [2.05, 4.69) is 41.3 Å². The van der Waals surface area contributed by atoms with E-state index in [1.165, 1.54) is 0 Å². The van der Waals surface area contributed by atoms with Crippen LogP contribution in [0.15, 0.2) is 66.7 Å². The zero-order valence-corrected chi connectivity index (χ0v) is 17.4. The number of benzene rings is 3. The van der Waals surface area contributed by atoms with Crippen molar-refractivity contribution in [2.75, 3.05) is 11.9 Å². The summed E-state index contributed by atoms with van der Waals surface area (Å²) < 4.78 is 5.87. The lowest BCUT2D eigenvalue weighted by atomic mass is 10.0. The molecule has 5 heteroatoms. The number of anilines is 1. The third-order valence-electron chi connectivity index (χ3n) is 5.00. The molecule has 0 saturated carbocycles. The Bertz CT molecular complexity index is 1160. The van der Waals surface area contributed by atoms with Crippen LogP contribution in [-0.4, -0.2) is 22.5 Å². The van der Waals surface area contributed by atoms with Crippen molar-refractivity contribution in [3.05, 3.63) is 77.9 Å². The number of amides is 1. The molecule has 1 aromatic heterocycles. The van der Waals surface area contributed by atoms with Crippen LogP contribution >= 0.6 is 0 Å². The number of aromatic amines is 1. The van der Waals surface area contributed by atoms with E-state index in [1.54, 1.807) is 0 Å². The van der Waals surface area contributed by atoms with Crippen molar-refractivity contribution in [1.82, 2.24) is 9.97 Å². The van der Waals surface area contributed by atoms with Crippen molar-refractivity contribution in [2.45, 2.75) is 26.7 Å². The number of hydrogen-bond acceptors (Lipinski definition) is 3. The minimum Gasteiger partial charge on any atom is -0.483 e. The first-order valence-electron chi connectivity index (χ1n) is 10.1. The topological polar surface area (TPSA) is 67.0 Å². The molecule has 30 heavy (non-hydrogen) atoms. The van der Waals surface area contributed by atoms with Gasteiger partial charge in [0.05, 0.1) is 16.7 Å². The number of fused-ring (bicyclic) bond motifs is 1. The Hall–Kier alpha value is -3.60. The summed E-state index contributed by atoms with van der Waals surface area (Å²) in [7, 11) is 0. The van der Waals surface area contributed by atoms with Gasteiger partial charge in [0.1, 0.15) is 11.6 Å². The first-order chi connectivity index (χ1) is 14.5. The van der Waals surface area contributed by atoms with Crippen LogP contribution in [0.5, 0.6) is 5.75 Å². The van der Waals surface area contributed by atoms with Crippen LogP contribution < -0.4 is 10.1 Å².